The lowest BCUT2D eigenvalue weighted by Gasteiger charge is -2.36. The lowest BCUT2D eigenvalue weighted by molar-refractivity contribution is 0.303. The summed E-state index contributed by atoms with van der Waals surface area (Å²) in [6, 6.07) is 14.6. The predicted molar refractivity (Wildman–Crippen MR) is 130 cm³/mol. The Morgan fingerprint density at radius 3 is 2.85 bits per heavy atom. The first-order chi connectivity index (χ1) is 16.6. The molecule has 34 heavy (non-hydrogen) atoms. The van der Waals surface area contributed by atoms with Crippen molar-refractivity contribution in [2.45, 2.75) is 18.9 Å². The summed E-state index contributed by atoms with van der Waals surface area (Å²) >= 11 is 6.10. The van der Waals surface area contributed by atoms with E-state index in [4.69, 9.17) is 16.7 Å². The third kappa shape index (κ3) is 4.03. The van der Waals surface area contributed by atoms with E-state index in [1.165, 1.54) is 6.07 Å². The van der Waals surface area contributed by atoms with Gasteiger partial charge in [-0.1, -0.05) is 48.0 Å². The first-order valence-corrected chi connectivity index (χ1v) is 11.3. The summed E-state index contributed by atoms with van der Waals surface area (Å²) < 4.78 is 14.2. The lowest BCUT2D eigenvalue weighted by atomic mass is 9.92. The van der Waals surface area contributed by atoms with Gasteiger partial charge < -0.3 is 15.0 Å². The van der Waals surface area contributed by atoms with E-state index in [-0.39, 0.29) is 17.7 Å². The molecule has 0 aliphatic carbocycles. The van der Waals surface area contributed by atoms with Gasteiger partial charge in [-0.3, -0.25) is 0 Å². The van der Waals surface area contributed by atoms with Crippen molar-refractivity contribution in [3.63, 3.8) is 0 Å². The number of anilines is 1. The molecule has 5 rings (SSSR count). The van der Waals surface area contributed by atoms with Gasteiger partial charge >= 0.3 is 0 Å². The Hall–Kier alpha value is -3.73. The van der Waals surface area contributed by atoms with Gasteiger partial charge in [0, 0.05) is 35.9 Å². The number of hydrogen-bond donors (Lipinski definition) is 2. The summed E-state index contributed by atoms with van der Waals surface area (Å²) in [6.07, 6.45) is 6.77. The molecule has 2 aromatic heterocycles. The van der Waals surface area contributed by atoms with Gasteiger partial charge in [0.15, 0.2) is 0 Å². The first-order valence-electron chi connectivity index (χ1n) is 11.0. The molecule has 4 aromatic rings. The minimum absolute atomic E-state index is 0.0948. The number of aliphatic hydroxyl groups is 1. The number of halogens is 2. The highest BCUT2D eigenvalue weighted by Gasteiger charge is 2.33. The molecule has 1 unspecified atom stereocenters. The molecule has 1 aliphatic rings. The van der Waals surface area contributed by atoms with E-state index in [0.29, 0.717) is 36.5 Å². The van der Waals surface area contributed by atoms with Crippen LogP contribution in [0.5, 0.6) is 0 Å². The zero-order chi connectivity index (χ0) is 23.7. The third-order valence-corrected chi connectivity index (χ3v) is 6.33. The van der Waals surface area contributed by atoms with Crippen LogP contribution in [0.3, 0.4) is 0 Å². The molecule has 0 fully saturated rings. The van der Waals surface area contributed by atoms with Gasteiger partial charge in [0.2, 0.25) is 5.95 Å². The highest BCUT2D eigenvalue weighted by Crippen LogP contribution is 2.40. The van der Waals surface area contributed by atoms with Gasteiger partial charge in [-0.2, -0.15) is 5.26 Å². The number of hydrogen-bond acceptors (Lipinski definition) is 5. The van der Waals surface area contributed by atoms with Crippen LogP contribution in [0.2, 0.25) is 5.02 Å². The van der Waals surface area contributed by atoms with Gasteiger partial charge in [0.05, 0.1) is 11.1 Å². The summed E-state index contributed by atoms with van der Waals surface area (Å²) in [5.74, 6) is -0.00488. The second kappa shape index (κ2) is 9.26. The van der Waals surface area contributed by atoms with Crippen molar-refractivity contribution in [3.05, 3.63) is 93.7 Å². The van der Waals surface area contributed by atoms with Crippen molar-refractivity contribution >= 4 is 34.5 Å². The monoisotopic (exact) mass is 473 g/mol. The van der Waals surface area contributed by atoms with Crippen LogP contribution in [0.1, 0.15) is 40.5 Å². The zero-order valence-electron chi connectivity index (χ0n) is 18.2. The molecule has 0 spiro atoms. The van der Waals surface area contributed by atoms with Crippen LogP contribution < -0.4 is 4.90 Å². The van der Waals surface area contributed by atoms with Gasteiger partial charge in [-0.25, -0.2) is 14.4 Å². The van der Waals surface area contributed by atoms with Gasteiger partial charge in [0.25, 0.3) is 0 Å². The number of H-pyrrole nitrogens is 1. The molecule has 1 aliphatic heterocycles. The molecule has 8 heteroatoms. The molecular formula is C26H21ClFN5O. The number of nitrogens with zero attached hydrogens (tertiary/aromatic N) is 4. The van der Waals surface area contributed by atoms with Crippen molar-refractivity contribution in [3.8, 4) is 6.07 Å². The Kier molecular flexibility index (Phi) is 6.01. The van der Waals surface area contributed by atoms with Crippen molar-refractivity contribution in [1.29, 1.82) is 5.26 Å². The summed E-state index contributed by atoms with van der Waals surface area (Å²) in [4.78, 5) is 14.4. The van der Waals surface area contributed by atoms with Gasteiger partial charge in [0.1, 0.15) is 17.6 Å². The maximum absolute atomic E-state index is 14.2. The normalized spacial score (nSPS) is 15.6. The molecule has 3 heterocycles. The summed E-state index contributed by atoms with van der Waals surface area (Å²) in [5.41, 5.74) is 5.02. The fourth-order valence-corrected chi connectivity index (χ4v) is 4.64. The van der Waals surface area contributed by atoms with Crippen molar-refractivity contribution in [1.82, 2.24) is 15.0 Å². The third-order valence-electron chi connectivity index (χ3n) is 6.04. The summed E-state index contributed by atoms with van der Waals surface area (Å²) in [6.45, 7) is 0.730. The number of aromatic amines is 1. The van der Waals surface area contributed by atoms with Crippen LogP contribution in [-0.2, 0) is 6.42 Å². The maximum Gasteiger partial charge on any atom is 0.227 e. The number of aromatic nitrogens is 3. The molecule has 0 amide bonds. The Labute approximate surface area is 201 Å². The first kappa shape index (κ1) is 22.1. The molecule has 0 saturated carbocycles. The number of aliphatic hydroxyl groups excluding tert-OH is 1. The minimum atomic E-state index is -0.467. The number of rotatable bonds is 5. The molecule has 2 aromatic carbocycles. The Balaban J connectivity index is 1.64. The van der Waals surface area contributed by atoms with E-state index >= 15 is 0 Å². The van der Waals surface area contributed by atoms with Crippen LogP contribution in [0, 0.1) is 17.1 Å². The van der Waals surface area contributed by atoms with E-state index in [1.54, 1.807) is 18.3 Å². The second-order valence-electron chi connectivity index (χ2n) is 8.11. The van der Waals surface area contributed by atoms with Crippen LogP contribution in [0.25, 0.3) is 17.0 Å². The van der Waals surface area contributed by atoms with Gasteiger partial charge in [-0.05, 0) is 47.7 Å². The van der Waals surface area contributed by atoms with Crippen molar-refractivity contribution in [2.24, 2.45) is 0 Å². The second-order valence-corrected chi connectivity index (χ2v) is 8.52. The Morgan fingerprint density at radius 2 is 2.09 bits per heavy atom. The molecule has 2 N–H and O–H groups in total. The average Bonchev–Trinajstić information content (AvgIpc) is 3.21. The fourth-order valence-electron chi connectivity index (χ4n) is 4.48. The van der Waals surface area contributed by atoms with E-state index in [9.17, 15) is 9.65 Å². The van der Waals surface area contributed by atoms with Crippen LogP contribution >= 0.6 is 11.6 Å². The number of fused-ring (bicyclic) bond motifs is 3. The van der Waals surface area contributed by atoms with Gasteiger partial charge in [-0.15, -0.1) is 0 Å². The zero-order valence-corrected chi connectivity index (χ0v) is 18.9. The number of nitriles is 1. The molecule has 1 atom stereocenters. The SMILES string of the molecule is N#Cc1ccnc(N2CCc3c([nH]c4cc(F)c(Cl)cc34)C2c2ccc(/C=C/CCO)cc2)n1. The summed E-state index contributed by atoms with van der Waals surface area (Å²) in [5, 5.41) is 19.3. The minimum Gasteiger partial charge on any atom is -0.396 e. The highest BCUT2D eigenvalue weighted by atomic mass is 35.5. The Morgan fingerprint density at radius 1 is 1.26 bits per heavy atom. The van der Waals surface area contributed by atoms with Crippen LogP contribution in [-0.4, -0.2) is 33.2 Å². The number of nitrogens with one attached hydrogen (secondary N) is 1. The van der Waals surface area contributed by atoms with E-state index in [0.717, 1.165) is 27.8 Å². The smallest absolute Gasteiger partial charge is 0.227 e. The average molecular weight is 474 g/mol. The van der Waals surface area contributed by atoms with Crippen molar-refractivity contribution in [2.75, 3.05) is 18.1 Å². The largest absolute Gasteiger partial charge is 0.396 e. The maximum atomic E-state index is 14.2. The van der Waals surface area contributed by atoms with E-state index in [2.05, 4.69) is 25.9 Å². The van der Waals surface area contributed by atoms with Crippen molar-refractivity contribution < 1.29 is 9.50 Å². The fraction of sp³-hybridized carbons (Fsp3) is 0.192. The molecular weight excluding hydrogens is 453 g/mol. The van der Waals surface area contributed by atoms with Crippen LogP contribution in [0.15, 0.2) is 54.7 Å². The number of benzene rings is 2. The molecule has 6 nitrogen and oxygen atoms in total. The summed E-state index contributed by atoms with van der Waals surface area (Å²) in [7, 11) is 0. The highest BCUT2D eigenvalue weighted by molar-refractivity contribution is 6.31. The van der Waals surface area contributed by atoms with Crippen LogP contribution in [0.4, 0.5) is 10.3 Å². The van der Waals surface area contributed by atoms with E-state index in [1.807, 2.05) is 36.4 Å². The molecule has 0 saturated heterocycles. The predicted octanol–water partition coefficient (Wildman–Crippen LogP) is 5.17. The topological polar surface area (TPSA) is 88.8 Å². The standard InChI is InChI=1S/C26H21ClFN5O/c27-21-13-20-19-9-11-33(26-30-10-8-18(15-29)31-26)25(24(19)32-23(20)14-22(21)28)17-6-4-16(5-7-17)3-1-2-12-34/h1,3-8,10,13-14,25,32,34H,2,9,11-12H2/b3-1+. The quantitative estimate of drug-likeness (QED) is 0.417. The molecule has 0 radical (unpaired) electrons. The van der Waals surface area contributed by atoms with E-state index < -0.39 is 5.82 Å². The lowest BCUT2D eigenvalue weighted by Crippen LogP contribution is -2.37. The Bertz CT molecular complexity index is 1420. The molecule has 0 bridgehead atoms. The molecule has 170 valence electrons.